The summed E-state index contributed by atoms with van der Waals surface area (Å²) < 4.78 is 7.63. The zero-order valence-electron chi connectivity index (χ0n) is 14.2. The lowest BCUT2D eigenvalue weighted by atomic mass is 10.1. The van der Waals surface area contributed by atoms with E-state index >= 15 is 0 Å². The minimum absolute atomic E-state index is 0.0367. The molecule has 0 radical (unpaired) electrons. The number of nitrogens with zero attached hydrogens (tertiary/aromatic N) is 2. The number of benzene rings is 2. The molecule has 1 heterocycles. The molecule has 2 aromatic carbocycles. The molecule has 0 unspecified atom stereocenters. The molecule has 0 fully saturated rings. The van der Waals surface area contributed by atoms with Gasteiger partial charge in [-0.15, -0.1) is 0 Å². The largest absolute Gasteiger partial charge is 0.485 e. The summed E-state index contributed by atoms with van der Waals surface area (Å²) in [6.07, 6.45) is 0. The average Bonchev–Trinajstić information content (AvgIpc) is 2.95. The van der Waals surface area contributed by atoms with Gasteiger partial charge in [0, 0.05) is 22.6 Å². The second-order valence-electron chi connectivity index (χ2n) is 5.80. The molecule has 25 heavy (non-hydrogen) atoms. The number of hydrogen-bond acceptors (Lipinski definition) is 3. The summed E-state index contributed by atoms with van der Waals surface area (Å²) in [7, 11) is 0. The van der Waals surface area contributed by atoms with Gasteiger partial charge < -0.3 is 9.30 Å². The summed E-state index contributed by atoms with van der Waals surface area (Å²) in [5, 5.41) is 8.80. The Bertz CT molecular complexity index is 933. The standard InChI is InChI=1S/C21H18N2O2/c1-15-12-20(16(2)23(15)18-6-4-3-5-7-18)21(24)14-25-19-10-8-17(13-22)9-11-19/h3-12H,14H2,1-2H3. The Balaban J connectivity index is 1.77. The van der Waals surface area contributed by atoms with Crippen molar-refractivity contribution in [3.63, 3.8) is 0 Å². The molecule has 4 nitrogen and oxygen atoms in total. The number of aromatic nitrogens is 1. The molecule has 3 rings (SSSR count). The summed E-state index contributed by atoms with van der Waals surface area (Å²) in [6, 6.07) is 20.6. The fourth-order valence-corrected chi connectivity index (χ4v) is 2.87. The fourth-order valence-electron chi connectivity index (χ4n) is 2.87. The predicted molar refractivity (Wildman–Crippen MR) is 96.2 cm³/mol. The number of nitriles is 1. The van der Waals surface area contributed by atoms with Crippen molar-refractivity contribution in [2.24, 2.45) is 0 Å². The van der Waals surface area contributed by atoms with E-state index in [0.717, 1.165) is 17.1 Å². The lowest BCUT2D eigenvalue weighted by molar-refractivity contribution is 0.0921. The fraction of sp³-hybridized carbons (Fsp3) is 0.143. The van der Waals surface area contributed by atoms with Gasteiger partial charge >= 0.3 is 0 Å². The lowest BCUT2D eigenvalue weighted by Gasteiger charge is -2.10. The topological polar surface area (TPSA) is 55.0 Å². The van der Waals surface area contributed by atoms with Crippen LogP contribution in [0.2, 0.25) is 0 Å². The first kappa shape index (κ1) is 16.5. The van der Waals surface area contributed by atoms with E-state index in [4.69, 9.17) is 10.00 Å². The zero-order valence-corrected chi connectivity index (χ0v) is 14.2. The molecule has 0 bridgehead atoms. The number of para-hydroxylation sites is 1. The summed E-state index contributed by atoms with van der Waals surface area (Å²) in [4.78, 5) is 12.6. The molecule has 0 spiro atoms. The number of ketones is 1. The quantitative estimate of drug-likeness (QED) is 0.658. The molecule has 0 amide bonds. The molecule has 0 saturated heterocycles. The molecule has 0 aliphatic carbocycles. The number of aryl methyl sites for hydroxylation is 1. The molecule has 0 aliphatic rings. The predicted octanol–water partition coefficient (Wildman–Crippen LogP) is 4.23. The second-order valence-corrected chi connectivity index (χ2v) is 5.80. The first-order valence-electron chi connectivity index (χ1n) is 8.00. The van der Waals surface area contributed by atoms with E-state index < -0.39 is 0 Å². The minimum Gasteiger partial charge on any atom is -0.485 e. The Hall–Kier alpha value is -3.32. The van der Waals surface area contributed by atoms with Gasteiger partial charge in [-0.3, -0.25) is 4.79 Å². The van der Waals surface area contributed by atoms with Crippen molar-refractivity contribution in [2.45, 2.75) is 13.8 Å². The Morgan fingerprint density at radius 2 is 1.76 bits per heavy atom. The van der Waals surface area contributed by atoms with E-state index in [-0.39, 0.29) is 12.4 Å². The number of Topliss-reactive ketones (excluding diaryl/α,β-unsaturated/α-hetero) is 1. The highest BCUT2D eigenvalue weighted by Crippen LogP contribution is 2.21. The van der Waals surface area contributed by atoms with Crippen LogP contribution in [0.15, 0.2) is 60.7 Å². The van der Waals surface area contributed by atoms with Gasteiger partial charge in [-0.05, 0) is 56.3 Å². The maximum absolute atomic E-state index is 12.6. The molecule has 3 aromatic rings. The van der Waals surface area contributed by atoms with E-state index in [9.17, 15) is 4.79 Å². The smallest absolute Gasteiger partial charge is 0.202 e. The van der Waals surface area contributed by atoms with E-state index in [2.05, 4.69) is 10.6 Å². The highest BCUT2D eigenvalue weighted by molar-refractivity contribution is 5.98. The minimum atomic E-state index is -0.0698. The van der Waals surface area contributed by atoms with Crippen LogP contribution in [-0.4, -0.2) is 17.0 Å². The summed E-state index contributed by atoms with van der Waals surface area (Å²) >= 11 is 0. The van der Waals surface area contributed by atoms with Crippen molar-refractivity contribution in [2.75, 3.05) is 6.61 Å². The molecule has 124 valence electrons. The average molecular weight is 330 g/mol. The first-order valence-corrected chi connectivity index (χ1v) is 8.00. The van der Waals surface area contributed by atoms with Gasteiger partial charge in [0.05, 0.1) is 11.6 Å². The van der Waals surface area contributed by atoms with Crippen molar-refractivity contribution in [3.8, 4) is 17.5 Å². The van der Waals surface area contributed by atoms with Gasteiger partial charge in [0.25, 0.3) is 0 Å². The van der Waals surface area contributed by atoms with Crippen molar-refractivity contribution in [1.29, 1.82) is 5.26 Å². The molecular weight excluding hydrogens is 312 g/mol. The van der Waals surface area contributed by atoms with E-state index in [0.29, 0.717) is 16.9 Å². The maximum atomic E-state index is 12.6. The van der Waals surface area contributed by atoms with Crippen LogP contribution in [-0.2, 0) is 0 Å². The van der Waals surface area contributed by atoms with Gasteiger partial charge in [-0.25, -0.2) is 0 Å². The number of hydrogen-bond donors (Lipinski definition) is 0. The summed E-state index contributed by atoms with van der Waals surface area (Å²) in [5.41, 5.74) is 4.16. The third kappa shape index (κ3) is 3.46. The third-order valence-corrected chi connectivity index (χ3v) is 4.10. The lowest BCUT2D eigenvalue weighted by Crippen LogP contribution is -2.12. The monoisotopic (exact) mass is 330 g/mol. The van der Waals surface area contributed by atoms with Gasteiger partial charge in [-0.2, -0.15) is 5.26 Å². The molecule has 1 aromatic heterocycles. The third-order valence-electron chi connectivity index (χ3n) is 4.10. The van der Waals surface area contributed by atoms with Crippen molar-refractivity contribution < 1.29 is 9.53 Å². The van der Waals surface area contributed by atoms with Gasteiger partial charge in [0.1, 0.15) is 5.75 Å². The molecule has 0 aliphatic heterocycles. The van der Waals surface area contributed by atoms with Crippen molar-refractivity contribution in [1.82, 2.24) is 4.57 Å². The Morgan fingerprint density at radius 3 is 2.40 bits per heavy atom. The Kier molecular flexibility index (Phi) is 4.67. The van der Waals surface area contributed by atoms with Gasteiger partial charge in [0.15, 0.2) is 6.61 Å². The number of rotatable bonds is 5. The Labute approximate surface area is 146 Å². The number of carbonyl (C=O) groups excluding carboxylic acids is 1. The Morgan fingerprint density at radius 1 is 1.08 bits per heavy atom. The van der Waals surface area contributed by atoms with E-state index in [1.807, 2.05) is 50.2 Å². The van der Waals surface area contributed by atoms with Crippen LogP contribution in [0.25, 0.3) is 5.69 Å². The summed E-state index contributed by atoms with van der Waals surface area (Å²) in [5.74, 6) is 0.504. The van der Waals surface area contributed by atoms with Crippen LogP contribution in [0, 0.1) is 25.2 Å². The molecule has 0 saturated carbocycles. The SMILES string of the molecule is Cc1cc(C(=O)COc2ccc(C#N)cc2)c(C)n1-c1ccccc1. The molecule has 0 N–H and O–H groups in total. The van der Waals surface area contributed by atoms with Crippen LogP contribution in [0.5, 0.6) is 5.75 Å². The van der Waals surface area contributed by atoms with Gasteiger partial charge in [-0.1, -0.05) is 18.2 Å². The normalized spacial score (nSPS) is 10.3. The van der Waals surface area contributed by atoms with Crippen molar-refractivity contribution >= 4 is 5.78 Å². The summed E-state index contributed by atoms with van der Waals surface area (Å²) in [6.45, 7) is 3.89. The van der Waals surface area contributed by atoms with Crippen LogP contribution in [0.3, 0.4) is 0 Å². The van der Waals surface area contributed by atoms with Crippen LogP contribution in [0.1, 0.15) is 27.3 Å². The zero-order chi connectivity index (χ0) is 17.8. The van der Waals surface area contributed by atoms with Crippen LogP contribution < -0.4 is 4.74 Å². The molecule has 4 heteroatoms. The highest BCUT2D eigenvalue weighted by Gasteiger charge is 2.17. The highest BCUT2D eigenvalue weighted by atomic mass is 16.5. The molecule has 0 atom stereocenters. The van der Waals surface area contributed by atoms with Gasteiger partial charge in [0.2, 0.25) is 5.78 Å². The van der Waals surface area contributed by atoms with E-state index in [1.54, 1.807) is 24.3 Å². The van der Waals surface area contributed by atoms with Crippen LogP contribution in [0.4, 0.5) is 0 Å². The number of carbonyl (C=O) groups is 1. The van der Waals surface area contributed by atoms with E-state index in [1.165, 1.54) is 0 Å². The molecular formula is C21H18N2O2. The number of ether oxygens (including phenoxy) is 1. The van der Waals surface area contributed by atoms with Crippen molar-refractivity contribution in [3.05, 3.63) is 83.2 Å². The second kappa shape index (κ2) is 7.06. The first-order chi connectivity index (χ1) is 12.1. The maximum Gasteiger partial charge on any atom is 0.202 e. The van der Waals surface area contributed by atoms with Crippen LogP contribution >= 0.6 is 0 Å².